The van der Waals surface area contributed by atoms with Crippen LogP contribution in [0, 0.1) is 0 Å². The van der Waals surface area contributed by atoms with E-state index in [-0.39, 0.29) is 17.9 Å². The Kier molecular flexibility index (Phi) is 2.83. The molecule has 0 atom stereocenters. The van der Waals surface area contributed by atoms with Crippen LogP contribution in [0.15, 0.2) is 24.5 Å². The third-order valence-electron chi connectivity index (χ3n) is 3.52. The lowest BCUT2D eigenvalue weighted by Gasteiger charge is -2.43. The molecule has 2 amide bonds. The molecule has 0 N–H and O–H groups in total. The summed E-state index contributed by atoms with van der Waals surface area (Å²) in [7, 11) is 0. The average molecular weight is 245 g/mol. The van der Waals surface area contributed by atoms with Crippen LogP contribution in [0.5, 0.6) is 0 Å². The van der Waals surface area contributed by atoms with Gasteiger partial charge in [-0.1, -0.05) is 6.07 Å². The first kappa shape index (κ1) is 11.3. The molecule has 2 aliphatic heterocycles. The van der Waals surface area contributed by atoms with Gasteiger partial charge in [0.05, 0.1) is 6.04 Å². The molecule has 0 radical (unpaired) electrons. The van der Waals surface area contributed by atoms with E-state index in [1.807, 2.05) is 18.3 Å². The molecule has 2 aliphatic rings. The van der Waals surface area contributed by atoms with Crippen LogP contribution in [0.3, 0.4) is 0 Å². The fraction of sp³-hybridized carbons (Fsp3) is 0.462. The summed E-state index contributed by atoms with van der Waals surface area (Å²) in [4.78, 5) is 30.9. The Labute approximate surface area is 105 Å². The molecule has 0 bridgehead atoms. The fourth-order valence-corrected chi connectivity index (χ4v) is 2.59. The average Bonchev–Trinajstić information content (AvgIpc) is 2.65. The maximum atomic E-state index is 11.6. The number of carbonyl (C=O) groups excluding carboxylic acids is 2. The van der Waals surface area contributed by atoms with E-state index < -0.39 is 0 Å². The lowest BCUT2D eigenvalue weighted by molar-refractivity contribution is -0.145. The predicted molar refractivity (Wildman–Crippen MR) is 64.4 cm³/mol. The standard InChI is InChI=1S/C13H15N3O2/c17-12-3-4-13(18)16(12)11-8-15(9-11)7-10-2-1-5-14-6-10/h1-2,5-6,11H,3-4,7-9H2. The maximum absolute atomic E-state index is 11.6. The molecule has 0 unspecified atom stereocenters. The minimum Gasteiger partial charge on any atom is -0.295 e. The number of imide groups is 1. The SMILES string of the molecule is O=C1CCC(=O)N1C1CN(Cc2cccnc2)C1. The molecule has 0 spiro atoms. The summed E-state index contributed by atoms with van der Waals surface area (Å²) in [6, 6.07) is 4.04. The van der Waals surface area contributed by atoms with Crippen LogP contribution >= 0.6 is 0 Å². The van der Waals surface area contributed by atoms with Gasteiger partial charge in [-0.15, -0.1) is 0 Å². The molecule has 0 aliphatic carbocycles. The van der Waals surface area contributed by atoms with E-state index in [4.69, 9.17) is 0 Å². The highest BCUT2D eigenvalue weighted by atomic mass is 16.2. The molecule has 0 saturated carbocycles. The summed E-state index contributed by atoms with van der Waals surface area (Å²) in [5, 5.41) is 0. The van der Waals surface area contributed by atoms with Gasteiger partial charge in [-0.3, -0.25) is 24.4 Å². The number of rotatable bonds is 3. The number of likely N-dealkylation sites (tertiary alicyclic amines) is 2. The van der Waals surface area contributed by atoms with Crippen molar-refractivity contribution < 1.29 is 9.59 Å². The summed E-state index contributed by atoms with van der Waals surface area (Å²) in [6.07, 6.45) is 4.37. The van der Waals surface area contributed by atoms with Crippen molar-refractivity contribution in [2.75, 3.05) is 13.1 Å². The molecule has 1 aromatic heterocycles. The van der Waals surface area contributed by atoms with Gasteiger partial charge in [0.15, 0.2) is 0 Å². The molecular formula is C13H15N3O2. The second-order valence-electron chi connectivity index (χ2n) is 4.87. The van der Waals surface area contributed by atoms with Crippen molar-refractivity contribution in [2.24, 2.45) is 0 Å². The highest BCUT2D eigenvalue weighted by Gasteiger charge is 2.40. The van der Waals surface area contributed by atoms with Crippen LogP contribution < -0.4 is 0 Å². The molecule has 5 nitrogen and oxygen atoms in total. The third-order valence-corrected chi connectivity index (χ3v) is 3.52. The summed E-state index contributed by atoms with van der Waals surface area (Å²) >= 11 is 0. The van der Waals surface area contributed by atoms with Crippen LogP contribution in [-0.2, 0) is 16.1 Å². The topological polar surface area (TPSA) is 53.5 Å². The van der Waals surface area contributed by atoms with Gasteiger partial charge in [0, 0.05) is 44.9 Å². The first-order valence-electron chi connectivity index (χ1n) is 6.20. The molecule has 3 rings (SSSR count). The Morgan fingerprint density at radius 1 is 1.22 bits per heavy atom. The zero-order valence-electron chi connectivity index (χ0n) is 10.1. The molecule has 18 heavy (non-hydrogen) atoms. The first-order chi connectivity index (χ1) is 8.74. The number of hydrogen-bond acceptors (Lipinski definition) is 4. The highest BCUT2D eigenvalue weighted by Crippen LogP contribution is 2.23. The van der Waals surface area contributed by atoms with Gasteiger partial charge in [-0.2, -0.15) is 0 Å². The highest BCUT2D eigenvalue weighted by molar-refractivity contribution is 6.02. The van der Waals surface area contributed by atoms with E-state index in [2.05, 4.69) is 9.88 Å². The van der Waals surface area contributed by atoms with E-state index in [1.54, 1.807) is 6.20 Å². The Balaban J connectivity index is 1.54. The van der Waals surface area contributed by atoms with Crippen molar-refractivity contribution in [3.8, 4) is 0 Å². The van der Waals surface area contributed by atoms with Gasteiger partial charge in [0.2, 0.25) is 11.8 Å². The van der Waals surface area contributed by atoms with Gasteiger partial charge >= 0.3 is 0 Å². The van der Waals surface area contributed by atoms with Gasteiger partial charge in [0.1, 0.15) is 0 Å². The molecule has 1 aromatic rings. The molecule has 2 fully saturated rings. The zero-order valence-corrected chi connectivity index (χ0v) is 10.1. The number of nitrogens with zero attached hydrogens (tertiary/aromatic N) is 3. The number of carbonyl (C=O) groups is 2. The largest absolute Gasteiger partial charge is 0.295 e. The summed E-state index contributed by atoms with van der Waals surface area (Å²) < 4.78 is 0. The Bertz CT molecular complexity index is 452. The van der Waals surface area contributed by atoms with Gasteiger partial charge in [-0.05, 0) is 11.6 Å². The van der Waals surface area contributed by atoms with Crippen LogP contribution in [0.1, 0.15) is 18.4 Å². The van der Waals surface area contributed by atoms with Crippen molar-refractivity contribution in [1.82, 2.24) is 14.8 Å². The Hall–Kier alpha value is -1.75. The molecule has 3 heterocycles. The summed E-state index contributed by atoms with van der Waals surface area (Å²) in [5.41, 5.74) is 1.16. The van der Waals surface area contributed by atoms with Crippen molar-refractivity contribution >= 4 is 11.8 Å². The predicted octanol–water partition coefficient (Wildman–Crippen LogP) is 0.415. The molecular weight excluding hydrogens is 230 g/mol. The van der Waals surface area contributed by atoms with E-state index in [1.165, 1.54) is 4.90 Å². The number of pyridine rings is 1. The Morgan fingerprint density at radius 3 is 2.56 bits per heavy atom. The lowest BCUT2D eigenvalue weighted by atomic mass is 10.1. The number of aromatic nitrogens is 1. The smallest absolute Gasteiger partial charge is 0.230 e. The Morgan fingerprint density at radius 2 is 1.94 bits per heavy atom. The van der Waals surface area contributed by atoms with Gasteiger partial charge in [-0.25, -0.2) is 0 Å². The molecule has 94 valence electrons. The van der Waals surface area contributed by atoms with E-state index in [9.17, 15) is 9.59 Å². The zero-order chi connectivity index (χ0) is 12.5. The van der Waals surface area contributed by atoms with Crippen molar-refractivity contribution in [1.29, 1.82) is 0 Å². The van der Waals surface area contributed by atoms with Crippen LogP contribution in [0.4, 0.5) is 0 Å². The number of hydrogen-bond donors (Lipinski definition) is 0. The van der Waals surface area contributed by atoms with Crippen LogP contribution in [0.25, 0.3) is 0 Å². The minimum atomic E-state index is -0.00831. The lowest BCUT2D eigenvalue weighted by Crippen LogP contribution is -2.60. The normalized spacial score (nSPS) is 21.4. The van der Waals surface area contributed by atoms with Gasteiger partial charge < -0.3 is 0 Å². The second-order valence-corrected chi connectivity index (χ2v) is 4.87. The summed E-state index contributed by atoms with van der Waals surface area (Å²) in [5.74, 6) is -0.0166. The maximum Gasteiger partial charge on any atom is 0.230 e. The van der Waals surface area contributed by atoms with Gasteiger partial charge in [0.25, 0.3) is 0 Å². The summed E-state index contributed by atoms with van der Waals surface area (Å²) in [6.45, 7) is 2.40. The number of amides is 2. The van der Waals surface area contributed by atoms with E-state index in [0.717, 1.165) is 25.2 Å². The van der Waals surface area contributed by atoms with Crippen LogP contribution in [-0.4, -0.2) is 45.7 Å². The second kappa shape index (κ2) is 4.49. The molecule has 5 heteroatoms. The first-order valence-corrected chi connectivity index (χ1v) is 6.20. The third kappa shape index (κ3) is 2.01. The monoisotopic (exact) mass is 245 g/mol. The molecule has 0 aromatic carbocycles. The fourth-order valence-electron chi connectivity index (χ4n) is 2.59. The van der Waals surface area contributed by atoms with Crippen molar-refractivity contribution in [2.45, 2.75) is 25.4 Å². The van der Waals surface area contributed by atoms with Crippen molar-refractivity contribution in [3.63, 3.8) is 0 Å². The van der Waals surface area contributed by atoms with Crippen LogP contribution in [0.2, 0.25) is 0 Å². The van der Waals surface area contributed by atoms with E-state index in [0.29, 0.717) is 12.8 Å². The van der Waals surface area contributed by atoms with Crippen molar-refractivity contribution in [3.05, 3.63) is 30.1 Å². The quantitative estimate of drug-likeness (QED) is 0.724. The van der Waals surface area contributed by atoms with E-state index >= 15 is 0 Å². The minimum absolute atomic E-state index is 0.00831. The molecule has 2 saturated heterocycles.